The molecule has 3 aromatic rings. The van der Waals surface area contributed by atoms with Gasteiger partial charge in [-0.05, 0) is 58.1 Å². The van der Waals surface area contributed by atoms with E-state index in [-0.39, 0.29) is 12.6 Å². The molecular weight excluding hydrogens is 444 g/mol. The summed E-state index contributed by atoms with van der Waals surface area (Å²) in [6.45, 7) is 1.16. The van der Waals surface area contributed by atoms with Crippen LogP contribution >= 0.6 is 11.3 Å². The zero-order valence-corrected chi connectivity index (χ0v) is 19.6. The van der Waals surface area contributed by atoms with Crippen LogP contribution in [-0.2, 0) is 29.5 Å². The Morgan fingerprint density at radius 3 is 2.78 bits per heavy atom. The van der Waals surface area contributed by atoms with Gasteiger partial charge >= 0.3 is 0 Å². The average molecular weight is 469 g/mol. The molecule has 1 aliphatic heterocycles. The monoisotopic (exact) mass is 468 g/mol. The number of rotatable bonds is 7. The number of ether oxygens (including phenoxy) is 1. The molecule has 1 aromatic carbocycles. The largest absolute Gasteiger partial charge is 0.489 e. The Hall–Kier alpha value is -2.93. The maximum absolute atomic E-state index is 12.6. The highest BCUT2D eigenvalue weighted by Gasteiger charge is 2.33. The van der Waals surface area contributed by atoms with E-state index < -0.39 is 10.0 Å². The number of hydrogen-bond donors (Lipinski definition) is 0. The fraction of sp³-hybridized carbons (Fsp3) is 0.304. The standard InChI is InChI=1S/C23H24N4O3S2/c1-26(13-17-4-3-6-25-12-17)22-9-19(11-24)8-20-10-21(15-30-23(20)22)27(32(2,28)29)14-18-5-7-31-16-18/h3-9,12,16,21H,10,13-15H2,1-2H3. The molecule has 7 nitrogen and oxygen atoms in total. The molecule has 166 valence electrons. The zero-order chi connectivity index (χ0) is 22.7. The van der Waals surface area contributed by atoms with Crippen LogP contribution < -0.4 is 9.64 Å². The summed E-state index contributed by atoms with van der Waals surface area (Å²) in [4.78, 5) is 6.19. The van der Waals surface area contributed by atoms with Gasteiger partial charge in [0.15, 0.2) is 0 Å². The number of hydrogen-bond acceptors (Lipinski definition) is 7. The van der Waals surface area contributed by atoms with Gasteiger partial charge in [0.05, 0.1) is 29.6 Å². The molecule has 0 aliphatic carbocycles. The molecule has 0 amide bonds. The van der Waals surface area contributed by atoms with Crippen LogP contribution in [0.5, 0.6) is 5.75 Å². The molecule has 0 N–H and O–H groups in total. The van der Waals surface area contributed by atoms with Crippen molar-refractivity contribution in [2.45, 2.75) is 25.6 Å². The summed E-state index contributed by atoms with van der Waals surface area (Å²) in [5.41, 5.74) is 4.16. The minimum atomic E-state index is -3.45. The van der Waals surface area contributed by atoms with Gasteiger partial charge in [-0.2, -0.15) is 20.9 Å². The van der Waals surface area contributed by atoms with Gasteiger partial charge in [-0.15, -0.1) is 0 Å². The molecule has 0 saturated heterocycles. The highest BCUT2D eigenvalue weighted by atomic mass is 32.2. The summed E-state index contributed by atoms with van der Waals surface area (Å²) < 4.78 is 32.8. The Morgan fingerprint density at radius 2 is 2.12 bits per heavy atom. The average Bonchev–Trinajstić information content (AvgIpc) is 3.29. The Kier molecular flexibility index (Phi) is 6.46. The van der Waals surface area contributed by atoms with Gasteiger partial charge in [0.1, 0.15) is 12.4 Å². The molecule has 2 aromatic heterocycles. The van der Waals surface area contributed by atoms with E-state index in [0.29, 0.717) is 30.8 Å². The van der Waals surface area contributed by atoms with E-state index >= 15 is 0 Å². The van der Waals surface area contributed by atoms with E-state index in [2.05, 4.69) is 11.1 Å². The third-order valence-corrected chi connectivity index (χ3v) is 7.47. The zero-order valence-electron chi connectivity index (χ0n) is 17.9. The molecule has 32 heavy (non-hydrogen) atoms. The minimum absolute atomic E-state index is 0.254. The predicted octanol–water partition coefficient (Wildman–Crippen LogP) is 3.42. The van der Waals surface area contributed by atoms with Gasteiger partial charge in [-0.1, -0.05) is 6.07 Å². The van der Waals surface area contributed by atoms with E-state index in [4.69, 9.17) is 4.74 Å². The van der Waals surface area contributed by atoms with Crippen molar-refractivity contribution in [3.05, 3.63) is 75.7 Å². The third kappa shape index (κ3) is 4.93. The molecule has 0 fully saturated rings. The van der Waals surface area contributed by atoms with Gasteiger partial charge in [-0.25, -0.2) is 8.42 Å². The van der Waals surface area contributed by atoms with E-state index in [1.807, 2.05) is 53.2 Å². The summed E-state index contributed by atoms with van der Waals surface area (Å²) in [7, 11) is -1.51. The van der Waals surface area contributed by atoms with Crippen molar-refractivity contribution in [1.29, 1.82) is 5.26 Å². The number of thiophene rings is 1. The first-order valence-corrected chi connectivity index (χ1v) is 12.9. The molecule has 9 heteroatoms. The topological polar surface area (TPSA) is 86.5 Å². The second kappa shape index (κ2) is 9.28. The van der Waals surface area contributed by atoms with Crippen molar-refractivity contribution in [1.82, 2.24) is 9.29 Å². The fourth-order valence-corrected chi connectivity index (χ4v) is 5.67. The molecule has 0 saturated carbocycles. The van der Waals surface area contributed by atoms with Crippen molar-refractivity contribution in [3.63, 3.8) is 0 Å². The number of nitriles is 1. The summed E-state index contributed by atoms with van der Waals surface area (Å²) in [6, 6.07) is 11.3. The normalized spacial score (nSPS) is 15.6. The van der Waals surface area contributed by atoms with Gasteiger partial charge < -0.3 is 9.64 Å². The maximum atomic E-state index is 12.6. The highest BCUT2D eigenvalue weighted by Crippen LogP contribution is 2.38. The first-order valence-electron chi connectivity index (χ1n) is 10.1. The van der Waals surface area contributed by atoms with Gasteiger partial charge in [0.25, 0.3) is 0 Å². The lowest BCUT2D eigenvalue weighted by Gasteiger charge is -2.35. The Bertz CT molecular complexity index is 1220. The third-order valence-electron chi connectivity index (χ3n) is 5.46. The quantitative estimate of drug-likeness (QED) is 0.528. The number of anilines is 1. The summed E-state index contributed by atoms with van der Waals surface area (Å²) in [6.07, 6.45) is 5.25. The lowest BCUT2D eigenvalue weighted by Crippen LogP contribution is -2.45. The van der Waals surface area contributed by atoms with Crippen molar-refractivity contribution in [2.75, 3.05) is 24.8 Å². The first-order chi connectivity index (χ1) is 15.3. The van der Waals surface area contributed by atoms with Crippen molar-refractivity contribution >= 4 is 27.0 Å². The van der Waals surface area contributed by atoms with Gasteiger partial charge in [-0.3, -0.25) is 4.98 Å². The second-order valence-electron chi connectivity index (χ2n) is 7.92. The lowest BCUT2D eigenvalue weighted by molar-refractivity contribution is 0.179. The van der Waals surface area contributed by atoms with Crippen LogP contribution in [0.1, 0.15) is 22.3 Å². The number of pyridine rings is 1. The predicted molar refractivity (Wildman–Crippen MR) is 125 cm³/mol. The maximum Gasteiger partial charge on any atom is 0.211 e. The van der Waals surface area contributed by atoms with E-state index in [9.17, 15) is 13.7 Å². The molecular formula is C23H24N4O3S2. The van der Waals surface area contributed by atoms with Crippen molar-refractivity contribution in [2.24, 2.45) is 0 Å². The Labute approximate surface area is 192 Å². The Morgan fingerprint density at radius 1 is 1.28 bits per heavy atom. The molecule has 1 atom stereocenters. The number of fused-ring (bicyclic) bond motifs is 1. The number of benzene rings is 1. The molecule has 0 radical (unpaired) electrons. The second-order valence-corrected chi connectivity index (χ2v) is 10.6. The number of nitrogens with zero attached hydrogens (tertiary/aromatic N) is 4. The van der Waals surface area contributed by atoms with Crippen molar-refractivity contribution < 1.29 is 13.2 Å². The van der Waals surface area contributed by atoms with Crippen LogP contribution in [0.15, 0.2) is 53.5 Å². The molecule has 0 bridgehead atoms. The minimum Gasteiger partial charge on any atom is -0.489 e. The molecule has 3 heterocycles. The molecule has 0 spiro atoms. The smallest absolute Gasteiger partial charge is 0.211 e. The Balaban J connectivity index is 1.64. The first kappa shape index (κ1) is 22.3. The van der Waals surface area contributed by atoms with Crippen LogP contribution in [0, 0.1) is 11.3 Å². The molecule has 4 rings (SSSR count). The highest BCUT2D eigenvalue weighted by molar-refractivity contribution is 7.88. The van der Waals surface area contributed by atoms with E-state index in [1.54, 1.807) is 12.3 Å². The number of sulfonamides is 1. The van der Waals surface area contributed by atoms with Crippen LogP contribution in [0.3, 0.4) is 0 Å². The van der Waals surface area contributed by atoms with Gasteiger partial charge in [0.2, 0.25) is 10.0 Å². The lowest BCUT2D eigenvalue weighted by atomic mass is 9.98. The van der Waals surface area contributed by atoms with Crippen LogP contribution in [0.2, 0.25) is 0 Å². The van der Waals surface area contributed by atoms with Gasteiger partial charge in [0, 0.05) is 32.5 Å². The summed E-state index contributed by atoms with van der Waals surface area (Å²) in [5, 5.41) is 13.5. The molecule has 1 aliphatic rings. The number of aromatic nitrogens is 1. The summed E-state index contributed by atoms with van der Waals surface area (Å²) in [5.74, 6) is 0.704. The SMILES string of the molecule is CN(Cc1cccnc1)c1cc(C#N)cc2c1OCC(N(Cc1ccsc1)S(C)(=O)=O)C2. The van der Waals surface area contributed by atoms with Crippen LogP contribution in [-0.4, -0.2) is 43.7 Å². The van der Waals surface area contributed by atoms with Crippen molar-refractivity contribution in [3.8, 4) is 11.8 Å². The van der Waals surface area contributed by atoms with E-state index in [0.717, 1.165) is 22.4 Å². The molecule has 1 unspecified atom stereocenters. The van der Waals surface area contributed by atoms with E-state index in [1.165, 1.54) is 21.9 Å². The van der Waals surface area contributed by atoms with Crippen LogP contribution in [0.25, 0.3) is 0 Å². The summed E-state index contributed by atoms with van der Waals surface area (Å²) >= 11 is 1.54. The fourth-order valence-electron chi connectivity index (χ4n) is 3.95. The van der Waals surface area contributed by atoms with Crippen LogP contribution in [0.4, 0.5) is 5.69 Å².